The van der Waals surface area contributed by atoms with Gasteiger partial charge in [0.1, 0.15) is 0 Å². The molecule has 2 atom stereocenters. The number of likely N-dealkylation sites (tertiary alicyclic amines) is 1. The summed E-state index contributed by atoms with van der Waals surface area (Å²) < 4.78 is 5.61. The lowest BCUT2D eigenvalue weighted by Gasteiger charge is -2.48. The van der Waals surface area contributed by atoms with Gasteiger partial charge < -0.3 is 15.4 Å². The predicted octanol–water partition coefficient (Wildman–Crippen LogP) is 2.53. The third-order valence-electron chi connectivity index (χ3n) is 6.97. The van der Waals surface area contributed by atoms with E-state index in [1.165, 1.54) is 38.6 Å². The molecule has 1 aliphatic carbocycles. The highest BCUT2D eigenvalue weighted by Gasteiger charge is 2.39. The molecule has 3 fully saturated rings. The predicted molar refractivity (Wildman–Crippen MR) is 128 cm³/mol. The van der Waals surface area contributed by atoms with Gasteiger partial charge in [0.05, 0.1) is 13.2 Å². The molecule has 3 rings (SSSR count). The van der Waals surface area contributed by atoms with Crippen LogP contribution in [0.3, 0.4) is 0 Å². The van der Waals surface area contributed by atoms with Gasteiger partial charge in [-0.05, 0) is 32.6 Å². The number of aliphatic imine (C=N–C) groups is 1. The first kappa shape index (κ1) is 24.2. The SMILES string of the molecule is CN=C(NCC1(N2CCOCC2)CCCCC1)NC1CN(C(C)C)CC1C.I. The van der Waals surface area contributed by atoms with Crippen LogP contribution in [-0.2, 0) is 4.74 Å². The molecule has 7 heteroatoms. The van der Waals surface area contributed by atoms with Crippen molar-refractivity contribution in [3.05, 3.63) is 0 Å². The van der Waals surface area contributed by atoms with Crippen LogP contribution in [0.2, 0.25) is 0 Å². The minimum Gasteiger partial charge on any atom is -0.379 e. The van der Waals surface area contributed by atoms with E-state index in [9.17, 15) is 0 Å². The highest BCUT2D eigenvalue weighted by atomic mass is 127. The lowest BCUT2D eigenvalue weighted by molar-refractivity contribution is -0.0352. The Morgan fingerprint density at radius 2 is 1.82 bits per heavy atom. The van der Waals surface area contributed by atoms with Crippen LogP contribution in [0.15, 0.2) is 4.99 Å². The number of guanidine groups is 1. The number of nitrogens with zero attached hydrogens (tertiary/aromatic N) is 3. The van der Waals surface area contributed by atoms with Gasteiger partial charge in [-0.3, -0.25) is 14.8 Å². The molecule has 0 radical (unpaired) electrons. The summed E-state index contributed by atoms with van der Waals surface area (Å²) in [7, 11) is 1.90. The van der Waals surface area contributed by atoms with Gasteiger partial charge in [0.15, 0.2) is 5.96 Å². The Kier molecular flexibility index (Phi) is 9.76. The lowest BCUT2D eigenvalue weighted by Crippen LogP contribution is -2.61. The van der Waals surface area contributed by atoms with Gasteiger partial charge in [0, 0.05) is 57.4 Å². The molecule has 2 heterocycles. The number of halogens is 1. The Bertz CT molecular complexity index is 489. The van der Waals surface area contributed by atoms with Crippen molar-refractivity contribution in [1.29, 1.82) is 0 Å². The van der Waals surface area contributed by atoms with Gasteiger partial charge in [-0.15, -0.1) is 24.0 Å². The van der Waals surface area contributed by atoms with Crippen LogP contribution < -0.4 is 10.6 Å². The van der Waals surface area contributed by atoms with E-state index in [0.29, 0.717) is 18.0 Å². The molecule has 2 saturated heterocycles. The third-order valence-corrected chi connectivity index (χ3v) is 6.97. The van der Waals surface area contributed by atoms with Gasteiger partial charge >= 0.3 is 0 Å². The van der Waals surface area contributed by atoms with E-state index in [2.05, 4.69) is 46.2 Å². The number of morpholine rings is 1. The molecule has 28 heavy (non-hydrogen) atoms. The van der Waals surface area contributed by atoms with Crippen molar-refractivity contribution >= 4 is 29.9 Å². The average Bonchev–Trinajstić information content (AvgIpc) is 3.07. The summed E-state index contributed by atoms with van der Waals surface area (Å²) in [5.74, 6) is 1.62. The van der Waals surface area contributed by atoms with Crippen LogP contribution in [-0.4, -0.2) is 86.4 Å². The Labute approximate surface area is 189 Å². The molecule has 0 amide bonds. The van der Waals surface area contributed by atoms with E-state index in [4.69, 9.17) is 4.74 Å². The van der Waals surface area contributed by atoms with Crippen molar-refractivity contribution in [2.24, 2.45) is 10.9 Å². The fourth-order valence-electron chi connectivity index (χ4n) is 5.08. The molecular weight excluding hydrogens is 465 g/mol. The molecule has 0 spiro atoms. The smallest absolute Gasteiger partial charge is 0.191 e. The minimum atomic E-state index is 0. The van der Waals surface area contributed by atoms with Crippen LogP contribution >= 0.6 is 24.0 Å². The molecule has 0 aromatic heterocycles. The molecule has 3 aliphatic rings. The Morgan fingerprint density at radius 3 is 2.39 bits per heavy atom. The minimum absolute atomic E-state index is 0. The molecule has 6 nitrogen and oxygen atoms in total. The highest BCUT2D eigenvalue weighted by molar-refractivity contribution is 14.0. The van der Waals surface area contributed by atoms with Crippen LogP contribution in [0.25, 0.3) is 0 Å². The van der Waals surface area contributed by atoms with E-state index in [1.807, 2.05) is 7.05 Å². The highest BCUT2D eigenvalue weighted by Crippen LogP contribution is 2.33. The van der Waals surface area contributed by atoms with E-state index in [-0.39, 0.29) is 29.5 Å². The molecule has 0 aromatic rings. The maximum atomic E-state index is 5.61. The van der Waals surface area contributed by atoms with Crippen molar-refractivity contribution in [3.8, 4) is 0 Å². The van der Waals surface area contributed by atoms with Gasteiger partial charge in [0.2, 0.25) is 0 Å². The summed E-state index contributed by atoms with van der Waals surface area (Å²) in [6.07, 6.45) is 6.64. The molecule has 2 N–H and O–H groups in total. The largest absolute Gasteiger partial charge is 0.379 e. The number of ether oxygens (including phenoxy) is 1. The summed E-state index contributed by atoms with van der Waals surface area (Å²) >= 11 is 0. The average molecular weight is 508 g/mol. The fourth-order valence-corrected chi connectivity index (χ4v) is 5.08. The van der Waals surface area contributed by atoms with Crippen molar-refractivity contribution in [3.63, 3.8) is 0 Å². The summed E-state index contributed by atoms with van der Waals surface area (Å²) in [6, 6.07) is 1.09. The van der Waals surface area contributed by atoms with Crippen LogP contribution in [0.1, 0.15) is 52.9 Å². The summed E-state index contributed by atoms with van der Waals surface area (Å²) in [4.78, 5) is 9.80. The molecule has 1 saturated carbocycles. The maximum Gasteiger partial charge on any atom is 0.191 e. The maximum absolute atomic E-state index is 5.61. The van der Waals surface area contributed by atoms with E-state index in [1.54, 1.807) is 0 Å². The zero-order valence-corrected chi connectivity index (χ0v) is 20.7. The normalized spacial score (nSPS) is 29.5. The lowest BCUT2D eigenvalue weighted by atomic mass is 9.80. The summed E-state index contributed by atoms with van der Waals surface area (Å²) in [5, 5.41) is 7.42. The monoisotopic (exact) mass is 507 g/mol. The van der Waals surface area contributed by atoms with Gasteiger partial charge in [-0.2, -0.15) is 0 Å². The van der Waals surface area contributed by atoms with E-state index < -0.39 is 0 Å². The van der Waals surface area contributed by atoms with Gasteiger partial charge in [-0.1, -0.05) is 26.2 Å². The first-order valence-corrected chi connectivity index (χ1v) is 11.1. The van der Waals surface area contributed by atoms with Crippen molar-refractivity contribution < 1.29 is 4.74 Å². The first-order valence-electron chi connectivity index (χ1n) is 11.1. The second kappa shape index (κ2) is 11.3. The topological polar surface area (TPSA) is 52.1 Å². The Morgan fingerprint density at radius 1 is 1.14 bits per heavy atom. The number of hydrogen-bond acceptors (Lipinski definition) is 4. The molecular formula is C21H42IN5O. The Balaban J connectivity index is 0.00000280. The van der Waals surface area contributed by atoms with Gasteiger partial charge in [0.25, 0.3) is 0 Å². The van der Waals surface area contributed by atoms with E-state index in [0.717, 1.165) is 45.4 Å². The van der Waals surface area contributed by atoms with Gasteiger partial charge in [-0.25, -0.2) is 0 Å². The zero-order valence-electron chi connectivity index (χ0n) is 18.4. The molecule has 0 aromatic carbocycles. The van der Waals surface area contributed by atoms with Crippen LogP contribution in [0.4, 0.5) is 0 Å². The second-order valence-corrected chi connectivity index (χ2v) is 9.09. The molecule has 0 bridgehead atoms. The second-order valence-electron chi connectivity index (χ2n) is 9.09. The molecule has 2 aliphatic heterocycles. The summed E-state index contributed by atoms with van der Waals surface area (Å²) in [6.45, 7) is 14.1. The van der Waals surface area contributed by atoms with Crippen LogP contribution in [0.5, 0.6) is 0 Å². The van der Waals surface area contributed by atoms with Crippen molar-refractivity contribution in [2.75, 3.05) is 53.0 Å². The summed E-state index contributed by atoms with van der Waals surface area (Å²) in [5.41, 5.74) is 0.269. The molecule has 2 unspecified atom stereocenters. The van der Waals surface area contributed by atoms with Crippen molar-refractivity contribution in [1.82, 2.24) is 20.4 Å². The van der Waals surface area contributed by atoms with E-state index >= 15 is 0 Å². The molecule has 164 valence electrons. The number of hydrogen-bond donors (Lipinski definition) is 2. The fraction of sp³-hybridized carbons (Fsp3) is 0.952. The number of nitrogens with one attached hydrogen (secondary N) is 2. The Hall–Kier alpha value is -0.120. The first-order chi connectivity index (χ1) is 13.0. The van der Waals surface area contributed by atoms with Crippen LogP contribution in [0, 0.1) is 5.92 Å². The quantitative estimate of drug-likeness (QED) is 0.341. The third kappa shape index (κ3) is 5.95. The zero-order chi connectivity index (χ0) is 19.3. The standard InChI is InChI=1S/C21H41N5O.HI/c1-17(2)25-14-18(3)19(15-25)24-20(22-4)23-16-21(8-6-5-7-9-21)26-10-12-27-13-11-26;/h17-19H,5-16H2,1-4H3,(H2,22,23,24);1H. The number of rotatable bonds is 5. The van der Waals surface area contributed by atoms with Crippen molar-refractivity contribution in [2.45, 2.75) is 70.5 Å².